The highest BCUT2D eigenvalue weighted by Gasteiger charge is 2.34. The molecular weight excluding hydrogens is 471 g/mol. The highest BCUT2D eigenvalue weighted by atomic mass is 35.5. The molecule has 3 aromatic rings. The van der Waals surface area contributed by atoms with Gasteiger partial charge >= 0.3 is 0 Å². The fourth-order valence-corrected chi connectivity index (χ4v) is 4.68. The summed E-state index contributed by atoms with van der Waals surface area (Å²) in [6, 6.07) is 11.3. The average Bonchev–Trinajstić information content (AvgIpc) is 3.23. The second-order valence-electron chi connectivity index (χ2n) is 9.40. The number of piperidine rings is 1. The highest BCUT2D eigenvalue weighted by molar-refractivity contribution is 6.31. The fourth-order valence-electron chi connectivity index (χ4n) is 4.44. The van der Waals surface area contributed by atoms with E-state index in [2.05, 4.69) is 15.3 Å². The number of aryl methyl sites for hydroxylation is 1. The minimum Gasteiger partial charge on any atom is -0.393 e. The molecule has 0 saturated carbocycles. The lowest BCUT2D eigenvalue weighted by Gasteiger charge is -2.39. The molecule has 4 rings (SSSR count). The molecule has 1 aliphatic heterocycles. The van der Waals surface area contributed by atoms with Gasteiger partial charge in [-0.05, 0) is 75.2 Å². The second-order valence-corrected chi connectivity index (χ2v) is 9.81. The van der Waals surface area contributed by atoms with Crippen molar-refractivity contribution in [1.29, 1.82) is 0 Å². The number of hydrogen-bond donors (Lipinski definition) is 3. The van der Waals surface area contributed by atoms with E-state index in [0.717, 1.165) is 24.9 Å². The largest absolute Gasteiger partial charge is 0.393 e. The molecule has 0 aliphatic carbocycles. The normalized spacial score (nSPS) is 18.3. The lowest BCUT2D eigenvalue weighted by Crippen LogP contribution is -2.47. The summed E-state index contributed by atoms with van der Waals surface area (Å²) in [6.07, 6.45) is 3.43. The predicted molar refractivity (Wildman–Crippen MR) is 133 cm³/mol. The zero-order chi connectivity index (χ0) is 25.2. The first-order valence-electron chi connectivity index (χ1n) is 11.6. The van der Waals surface area contributed by atoms with Crippen LogP contribution in [-0.2, 0) is 6.54 Å². The number of carbonyl (C=O) groups is 1. The van der Waals surface area contributed by atoms with Gasteiger partial charge in [0.1, 0.15) is 5.82 Å². The van der Waals surface area contributed by atoms with Crippen LogP contribution in [0, 0.1) is 18.7 Å². The number of aromatic nitrogens is 2. The molecule has 0 radical (unpaired) electrons. The summed E-state index contributed by atoms with van der Waals surface area (Å²) in [6.45, 7) is 5.35. The van der Waals surface area contributed by atoms with E-state index in [-0.39, 0.29) is 24.2 Å². The SMILES string of the molecule is Cc1nn(-c2ccc(F)cc2)cc1C(=O)Nc1ccc(CN2CCC[C@H]([C@@](C)(O)CO)C2)c(Cl)c1. The summed E-state index contributed by atoms with van der Waals surface area (Å²) >= 11 is 6.55. The molecule has 9 heteroatoms. The molecule has 1 saturated heterocycles. The maximum absolute atomic E-state index is 13.2. The van der Waals surface area contributed by atoms with E-state index in [4.69, 9.17) is 11.6 Å². The van der Waals surface area contributed by atoms with E-state index in [1.165, 1.54) is 12.1 Å². The van der Waals surface area contributed by atoms with Gasteiger partial charge in [-0.3, -0.25) is 9.69 Å². The van der Waals surface area contributed by atoms with E-state index in [9.17, 15) is 19.4 Å². The van der Waals surface area contributed by atoms with E-state index >= 15 is 0 Å². The van der Waals surface area contributed by atoms with Gasteiger partial charge in [0.25, 0.3) is 5.91 Å². The van der Waals surface area contributed by atoms with Crippen molar-refractivity contribution in [2.45, 2.75) is 38.8 Å². The summed E-state index contributed by atoms with van der Waals surface area (Å²) in [5, 5.41) is 27.7. The molecule has 186 valence electrons. The first-order chi connectivity index (χ1) is 16.7. The van der Waals surface area contributed by atoms with E-state index in [1.54, 1.807) is 42.9 Å². The first-order valence-corrected chi connectivity index (χ1v) is 12.0. The van der Waals surface area contributed by atoms with Crippen molar-refractivity contribution < 1.29 is 19.4 Å². The minimum atomic E-state index is -1.10. The Hall–Kier alpha value is -2.78. The number of halogens is 2. The summed E-state index contributed by atoms with van der Waals surface area (Å²) < 4.78 is 14.7. The van der Waals surface area contributed by atoms with Crippen LogP contribution in [0.1, 0.15) is 41.4 Å². The van der Waals surface area contributed by atoms with Gasteiger partial charge in [-0.15, -0.1) is 0 Å². The van der Waals surface area contributed by atoms with Crippen LogP contribution >= 0.6 is 11.6 Å². The number of amides is 1. The Morgan fingerprint density at radius 3 is 2.71 bits per heavy atom. The van der Waals surface area contributed by atoms with Crippen molar-refractivity contribution >= 4 is 23.2 Å². The van der Waals surface area contributed by atoms with Gasteiger partial charge < -0.3 is 15.5 Å². The maximum atomic E-state index is 13.2. The third kappa shape index (κ3) is 5.90. The summed E-state index contributed by atoms with van der Waals surface area (Å²) in [7, 11) is 0. The monoisotopic (exact) mass is 500 g/mol. The van der Waals surface area contributed by atoms with E-state index < -0.39 is 5.60 Å². The summed E-state index contributed by atoms with van der Waals surface area (Å²) in [5.74, 6) is -0.657. The first kappa shape index (κ1) is 25.3. The Balaban J connectivity index is 1.42. The quantitative estimate of drug-likeness (QED) is 0.453. The van der Waals surface area contributed by atoms with Gasteiger partial charge in [-0.25, -0.2) is 9.07 Å². The Kier molecular flexibility index (Phi) is 7.56. The molecular formula is C26H30ClFN4O3. The zero-order valence-corrected chi connectivity index (χ0v) is 20.6. The number of aliphatic hydroxyl groups excluding tert-OH is 1. The second kappa shape index (κ2) is 10.5. The van der Waals surface area contributed by atoms with Gasteiger partial charge in [0.05, 0.1) is 29.2 Å². The number of hydrogen-bond acceptors (Lipinski definition) is 5. The third-order valence-corrected chi connectivity index (χ3v) is 7.00. The van der Waals surface area contributed by atoms with E-state index in [1.807, 2.05) is 12.1 Å². The predicted octanol–water partition coefficient (Wildman–Crippen LogP) is 4.18. The van der Waals surface area contributed by atoms with Crippen molar-refractivity contribution in [3.05, 3.63) is 76.3 Å². The van der Waals surface area contributed by atoms with Crippen molar-refractivity contribution in [2.24, 2.45) is 5.92 Å². The summed E-state index contributed by atoms with van der Waals surface area (Å²) in [5.41, 5.74) is 2.00. The minimum absolute atomic E-state index is 0.00217. The number of rotatable bonds is 7. The van der Waals surface area contributed by atoms with Crippen LogP contribution in [0.15, 0.2) is 48.7 Å². The van der Waals surface area contributed by atoms with Crippen molar-refractivity contribution in [1.82, 2.24) is 14.7 Å². The maximum Gasteiger partial charge on any atom is 0.259 e. The van der Waals surface area contributed by atoms with Crippen LogP contribution in [-0.4, -0.2) is 56.1 Å². The number of carbonyl (C=O) groups excluding carboxylic acids is 1. The van der Waals surface area contributed by atoms with Crippen LogP contribution in [0.25, 0.3) is 5.69 Å². The molecule has 2 heterocycles. The molecule has 3 N–H and O–H groups in total. The van der Waals surface area contributed by atoms with Crippen molar-refractivity contribution in [2.75, 3.05) is 25.0 Å². The number of anilines is 1. The Morgan fingerprint density at radius 1 is 1.29 bits per heavy atom. The standard InChI is InChI=1S/C26H30ClFN4O3/c1-17-23(15-32(30-17)22-9-6-20(28)7-10-22)25(34)29-21-8-5-18(24(27)12-21)13-31-11-3-4-19(14-31)26(2,35)16-33/h5-10,12,15,19,33,35H,3-4,11,13-14,16H2,1-2H3,(H,29,34)/t19-,26-/m0/s1. The van der Waals surface area contributed by atoms with Gasteiger partial charge in [0, 0.05) is 35.9 Å². The molecule has 7 nitrogen and oxygen atoms in total. The lowest BCUT2D eigenvalue weighted by molar-refractivity contribution is -0.0697. The molecule has 1 aliphatic rings. The molecule has 0 unspecified atom stereocenters. The zero-order valence-electron chi connectivity index (χ0n) is 19.8. The molecule has 35 heavy (non-hydrogen) atoms. The molecule has 2 aromatic carbocycles. The lowest BCUT2D eigenvalue weighted by atomic mass is 9.83. The molecule has 0 bridgehead atoms. The van der Waals surface area contributed by atoms with Gasteiger partial charge in [-0.2, -0.15) is 5.10 Å². The molecule has 1 amide bonds. The number of nitrogens with one attached hydrogen (secondary N) is 1. The Bertz CT molecular complexity index is 1200. The number of benzene rings is 2. The van der Waals surface area contributed by atoms with Crippen LogP contribution < -0.4 is 5.32 Å². The fraction of sp³-hybridized carbons (Fsp3) is 0.385. The molecule has 1 aromatic heterocycles. The van der Waals surface area contributed by atoms with Crippen LogP contribution in [0.2, 0.25) is 5.02 Å². The average molecular weight is 501 g/mol. The van der Waals surface area contributed by atoms with E-state index in [0.29, 0.717) is 40.7 Å². The molecule has 2 atom stereocenters. The number of nitrogens with zero attached hydrogens (tertiary/aromatic N) is 3. The number of likely N-dealkylation sites (tertiary alicyclic amines) is 1. The Morgan fingerprint density at radius 2 is 2.03 bits per heavy atom. The summed E-state index contributed by atoms with van der Waals surface area (Å²) in [4.78, 5) is 15.1. The van der Waals surface area contributed by atoms with Crippen LogP contribution in [0.5, 0.6) is 0 Å². The smallest absolute Gasteiger partial charge is 0.259 e. The third-order valence-electron chi connectivity index (χ3n) is 6.64. The molecule has 1 fully saturated rings. The molecule has 0 spiro atoms. The van der Waals surface area contributed by atoms with Crippen molar-refractivity contribution in [3.63, 3.8) is 0 Å². The van der Waals surface area contributed by atoms with Crippen LogP contribution in [0.4, 0.5) is 10.1 Å². The topological polar surface area (TPSA) is 90.6 Å². The Labute approximate surface area is 209 Å². The number of aliphatic hydroxyl groups is 2. The van der Waals surface area contributed by atoms with Gasteiger partial charge in [0.2, 0.25) is 0 Å². The van der Waals surface area contributed by atoms with Crippen LogP contribution in [0.3, 0.4) is 0 Å². The van der Waals surface area contributed by atoms with Gasteiger partial charge in [-0.1, -0.05) is 17.7 Å². The van der Waals surface area contributed by atoms with Gasteiger partial charge in [0.15, 0.2) is 0 Å². The van der Waals surface area contributed by atoms with Crippen molar-refractivity contribution in [3.8, 4) is 5.69 Å². The highest BCUT2D eigenvalue weighted by Crippen LogP contribution is 2.30.